The summed E-state index contributed by atoms with van der Waals surface area (Å²) in [6.07, 6.45) is 3.58. The normalized spacial score (nSPS) is 22.2. The highest BCUT2D eigenvalue weighted by Crippen LogP contribution is 2.30. The molecule has 2 heterocycles. The summed E-state index contributed by atoms with van der Waals surface area (Å²) >= 11 is 3.65. The number of hydrogen-bond acceptors (Lipinski definition) is 3. The standard InChI is InChI=1S/C18H23BrN2O3/c1-12-8-13-10-20(7-5-14(13)15(19)9-12)16-4-2-3-6-21(18(16)24)11-17(22)23/h8-9,16H,2-7,10-11H2,1H3,(H,22,23). The van der Waals surface area contributed by atoms with Gasteiger partial charge in [0.2, 0.25) is 5.91 Å². The maximum atomic E-state index is 12.8. The second kappa shape index (κ2) is 7.23. The fraction of sp³-hybridized carbons (Fsp3) is 0.556. The minimum absolute atomic E-state index is 0.0231. The molecular formula is C18H23BrN2O3. The van der Waals surface area contributed by atoms with Crippen molar-refractivity contribution in [1.82, 2.24) is 9.80 Å². The molecule has 1 atom stereocenters. The Morgan fingerprint density at radius 3 is 2.88 bits per heavy atom. The van der Waals surface area contributed by atoms with Crippen molar-refractivity contribution in [2.75, 3.05) is 19.6 Å². The fourth-order valence-electron chi connectivity index (χ4n) is 3.83. The van der Waals surface area contributed by atoms with E-state index in [0.29, 0.717) is 6.54 Å². The van der Waals surface area contributed by atoms with Crippen LogP contribution in [0.1, 0.15) is 36.0 Å². The Hall–Kier alpha value is -1.40. The first-order valence-electron chi connectivity index (χ1n) is 8.48. The zero-order valence-corrected chi connectivity index (χ0v) is 15.5. The largest absolute Gasteiger partial charge is 0.480 e. The van der Waals surface area contributed by atoms with Gasteiger partial charge in [0.15, 0.2) is 0 Å². The van der Waals surface area contributed by atoms with Crippen LogP contribution in [0.15, 0.2) is 16.6 Å². The molecule has 1 amide bonds. The van der Waals surface area contributed by atoms with Crippen molar-refractivity contribution >= 4 is 27.8 Å². The van der Waals surface area contributed by atoms with Gasteiger partial charge in [-0.3, -0.25) is 14.5 Å². The van der Waals surface area contributed by atoms with Crippen molar-refractivity contribution in [3.05, 3.63) is 33.3 Å². The van der Waals surface area contributed by atoms with Crippen LogP contribution < -0.4 is 0 Å². The lowest BCUT2D eigenvalue weighted by molar-refractivity contribution is -0.146. The molecule has 1 aromatic carbocycles. The van der Waals surface area contributed by atoms with Crippen LogP contribution in [0.3, 0.4) is 0 Å². The number of aryl methyl sites for hydroxylation is 1. The molecule has 5 nitrogen and oxygen atoms in total. The highest BCUT2D eigenvalue weighted by Gasteiger charge is 2.34. The van der Waals surface area contributed by atoms with Crippen molar-refractivity contribution in [2.45, 2.75) is 45.2 Å². The van der Waals surface area contributed by atoms with Crippen LogP contribution in [-0.4, -0.2) is 52.5 Å². The molecule has 0 spiro atoms. The monoisotopic (exact) mass is 394 g/mol. The number of likely N-dealkylation sites (tertiary alicyclic amines) is 1. The van der Waals surface area contributed by atoms with Gasteiger partial charge in [-0.1, -0.05) is 22.0 Å². The third-order valence-corrected chi connectivity index (χ3v) is 5.68. The highest BCUT2D eigenvalue weighted by molar-refractivity contribution is 9.10. The van der Waals surface area contributed by atoms with Gasteiger partial charge in [-0.25, -0.2) is 0 Å². The Labute approximate surface area is 150 Å². The van der Waals surface area contributed by atoms with Crippen LogP contribution in [-0.2, 0) is 22.6 Å². The molecule has 0 aliphatic carbocycles. The van der Waals surface area contributed by atoms with Gasteiger partial charge >= 0.3 is 5.97 Å². The van der Waals surface area contributed by atoms with E-state index in [1.165, 1.54) is 21.6 Å². The highest BCUT2D eigenvalue weighted by atomic mass is 79.9. The van der Waals surface area contributed by atoms with Crippen molar-refractivity contribution in [3.8, 4) is 0 Å². The van der Waals surface area contributed by atoms with Crippen molar-refractivity contribution in [1.29, 1.82) is 0 Å². The molecule has 0 radical (unpaired) electrons. The van der Waals surface area contributed by atoms with Crippen LogP contribution in [0.5, 0.6) is 0 Å². The number of nitrogens with zero attached hydrogens (tertiary/aromatic N) is 2. The van der Waals surface area contributed by atoms with Crippen LogP contribution in [0.4, 0.5) is 0 Å². The van der Waals surface area contributed by atoms with E-state index in [9.17, 15) is 9.59 Å². The number of benzene rings is 1. The molecule has 0 bridgehead atoms. The number of carbonyl (C=O) groups excluding carboxylic acids is 1. The second-order valence-electron chi connectivity index (χ2n) is 6.77. The van der Waals surface area contributed by atoms with Gasteiger partial charge in [0.25, 0.3) is 0 Å². The summed E-state index contributed by atoms with van der Waals surface area (Å²) in [4.78, 5) is 27.6. The first-order valence-corrected chi connectivity index (χ1v) is 9.27. The number of rotatable bonds is 3. The van der Waals surface area contributed by atoms with E-state index < -0.39 is 5.97 Å². The van der Waals surface area contributed by atoms with E-state index in [1.807, 2.05) is 0 Å². The minimum Gasteiger partial charge on any atom is -0.480 e. The van der Waals surface area contributed by atoms with Gasteiger partial charge in [0, 0.05) is 24.1 Å². The van der Waals surface area contributed by atoms with E-state index in [0.717, 1.165) is 43.2 Å². The molecule has 130 valence electrons. The van der Waals surface area contributed by atoms with Gasteiger partial charge in [0.05, 0.1) is 6.04 Å². The fourth-order valence-corrected chi connectivity index (χ4v) is 4.64. The van der Waals surface area contributed by atoms with E-state index in [4.69, 9.17) is 5.11 Å². The van der Waals surface area contributed by atoms with Crippen molar-refractivity contribution < 1.29 is 14.7 Å². The maximum absolute atomic E-state index is 12.8. The lowest BCUT2D eigenvalue weighted by Gasteiger charge is -2.36. The lowest BCUT2D eigenvalue weighted by atomic mass is 9.95. The summed E-state index contributed by atoms with van der Waals surface area (Å²) in [5.41, 5.74) is 3.82. The number of carboxylic acids is 1. The molecule has 6 heteroatoms. The number of halogens is 1. The van der Waals surface area contributed by atoms with E-state index in [1.54, 1.807) is 0 Å². The molecule has 1 fully saturated rings. The van der Waals surface area contributed by atoms with E-state index >= 15 is 0 Å². The van der Waals surface area contributed by atoms with E-state index in [2.05, 4.69) is 39.9 Å². The molecule has 2 aliphatic heterocycles. The number of fused-ring (bicyclic) bond motifs is 1. The lowest BCUT2D eigenvalue weighted by Crippen LogP contribution is -2.50. The molecule has 3 rings (SSSR count). The zero-order valence-electron chi connectivity index (χ0n) is 13.9. The number of carbonyl (C=O) groups is 2. The first kappa shape index (κ1) is 17.4. The predicted molar refractivity (Wildman–Crippen MR) is 94.8 cm³/mol. The van der Waals surface area contributed by atoms with Crippen LogP contribution in [0, 0.1) is 6.92 Å². The summed E-state index contributed by atoms with van der Waals surface area (Å²) in [6.45, 7) is 4.04. The third kappa shape index (κ3) is 3.64. The molecule has 0 saturated carbocycles. The van der Waals surface area contributed by atoms with Gasteiger partial charge < -0.3 is 10.0 Å². The Balaban J connectivity index is 1.80. The number of hydrogen-bond donors (Lipinski definition) is 1. The average molecular weight is 395 g/mol. The van der Waals surface area contributed by atoms with Crippen molar-refractivity contribution in [3.63, 3.8) is 0 Å². The molecule has 1 saturated heterocycles. The van der Waals surface area contributed by atoms with Gasteiger partial charge in [-0.05, 0) is 55.4 Å². The summed E-state index contributed by atoms with van der Waals surface area (Å²) in [7, 11) is 0. The zero-order chi connectivity index (χ0) is 17.3. The molecule has 2 aliphatic rings. The van der Waals surface area contributed by atoms with Gasteiger partial charge in [0.1, 0.15) is 6.54 Å². The Morgan fingerprint density at radius 2 is 2.12 bits per heavy atom. The van der Waals surface area contributed by atoms with Crippen LogP contribution >= 0.6 is 15.9 Å². The minimum atomic E-state index is -0.937. The molecule has 0 aromatic heterocycles. The number of amides is 1. The SMILES string of the molecule is Cc1cc(Br)c2c(c1)CN(C1CCCCN(CC(=O)O)C1=O)CC2. The second-order valence-corrected chi connectivity index (χ2v) is 7.62. The first-order chi connectivity index (χ1) is 11.5. The Bertz CT molecular complexity index is 662. The summed E-state index contributed by atoms with van der Waals surface area (Å²) in [6, 6.07) is 4.14. The molecule has 1 unspecified atom stereocenters. The molecule has 24 heavy (non-hydrogen) atoms. The Morgan fingerprint density at radius 1 is 1.33 bits per heavy atom. The van der Waals surface area contributed by atoms with Gasteiger partial charge in [-0.15, -0.1) is 0 Å². The number of aliphatic carboxylic acids is 1. The van der Waals surface area contributed by atoms with Gasteiger partial charge in [-0.2, -0.15) is 0 Å². The topological polar surface area (TPSA) is 60.9 Å². The van der Waals surface area contributed by atoms with Crippen LogP contribution in [0.25, 0.3) is 0 Å². The smallest absolute Gasteiger partial charge is 0.323 e. The Kier molecular flexibility index (Phi) is 5.25. The van der Waals surface area contributed by atoms with E-state index in [-0.39, 0.29) is 18.5 Å². The molecule has 1 N–H and O–H groups in total. The summed E-state index contributed by atoms with van der Waals surface area (Å²) < 4.78 is 1.15. The van der Waals surface area contributed by atoms with Crippen molar-refractivity contribution in [2.24, 2.45) is 0 Å². The van der Waals surface area contributed by atoms with Crippen LogP contribution in [0.2, 0.25) is 0 Å². The molecular weight excluding hydrogens is 372 g/mol. The maximum Gasteiger partial charge on any atom is 0.323 e. The molecule has 1 aromatic rings. The summed E-state index contributed by atoms with van der Waals surface area (Å²) in [5.74, 6) is -0.961. The summed E-state index contributed by atoms with van der Waals surface area (Å²) in [5, 5.41) is 9.05. The number of carboxylic acid groups (broad SMARTS) is 1. The quantitative estimate of drug-likeness (QED) is 0.855. The third-order valence-electron chi connectivity index (χ3n) is 4.97. The predicted octanol–water partition coefficient (Wildman–Crippen LogP) is 2.58. The average Bonchev–Trinajstić information content (AvgIpc) is 2.68.